The maximum atomic E-state index is 6.33. The van der Waals surface area contributed by atoms with Gasteiger partial charge in [-0.1, -0.05) is 46.4 Å². The normalized spacial score (nSPS) is 11.6. The van der Waals surface area contributed by atoms with Gasteiger partial charge in [0, 0.05) is 27.4 Å². The lowest BCUT2D eigenvalue weighted by molar-refractivity contribution is 0.827. The monoisotopic (exact) mass is 331 g/mol. The zero-order valence-corrected chi connectivity index (χ0v) is 13.0. The van der Waals surface area contributed by atoms with Gasteiger partial charge in [0.15, 0.2) is 0 Å². The first-order chi connectivity index (χ1) is 9.02. The van der Waals surface area contributed by atoms with Crippen molar-refractivity contribution in [2.75, 3.05) is 0 Å². The number of fused-ring (bicyclic) bond motifs is 3. The van der Waals surface area contributed by atoms with Gasteiger partial charge in [-0.15, -0.1) is 0 Å². The second kappa shape index (κ2) is 4.75. The van der Waals surface area contributed by atoms with Gasteiger partial charge in [-0.3, -0.25) is 0 Å². The van der Waals surface area contributed by atoms with Crippen LogP contribution in [0.1, 0.15) is 6.92 Å². The molecule has 0 spiro atoms. The highest BCUT2D eigenvalue weighted by Crippen LogP contribution is 2.39. The van der Waals surface area contributed by atoms with Crippen LogP contribution >= 0.6 is 46.4 Å². The Labute approximate surface area is 130 Å². The Morgan fingerprint density at radius 2 is 1.21 bits per heavy atom. The molecule has 0 aliphatic heterocycles. The molecule has 0 unspecified atom stereocenters. The summed E-state index contributed by atoms with van der Waals surface area (Å²) >= 11 is 24.9. The first-order valence-corrected chi connectivity index (χ1v) is 7.30. The molecule has 0 atom stereocenters. The van der Waals surface area contributed by atoms with E-state index >= 15 is 0 Å². The van der Waals surface area contributed by atoms with Gasteiger partial charge in [-0.2, -0.15) is 0 Å². The second-order valence-electron chi connectivity index (χ2n) is 4.31. The summed E-state index contributed by atoms with van der Waals surface area (Å²) in [5, 5.41) is 4.38. The minimum Gasteiger partial charge on any atom is -0.338 e. The van der Waals surface area contributed by atoms with E-state index in [9.17, 15) is 0 Å². The van der Waals surface area contributed by atoms with Crippen molar-refractivity contribution in [2.45, 2.75) is 13.5 Å². The molecular weight excluding hydrogens is 324 g/mol. The van der Waals surface area contributed by atoms with Crippen molar-refractivity contribution in [1.29, 1.82) is 0 Å². The molecular formula is C14H9Cl4N. The molecule has 0 bridgehead atoms. The molecule has 0 saturated heterocycles. The van der Waals surface area contributed by atoms with Crippen LogP contribution in [-0.2, 0) is 6.54 Å². The predicted octanol–water partition coefficient (Wildman–Crippen LogP) is 6.43. The highest BCUT2D eigenvalue weighted by atomic mass is 35.5. The fourth-order valence-electron chi connectivity index (χ4n) is 2.52. The molecule has 0 amide bonds. The van der Waals surface area contributed by atoms with Crippen LogP contribution in [0.25, 0.3) is 21.8 Å². The lowest BCUT2D eigenvalue weighted by Crippen LogP contribution is -1.94. The number of hydrogen-bond acceptors (Lipinski definition) is 0. The average Bonchev–Trinajstić information content (AvgIpc) is 2.63. The number of rotatable bonds is 1. The van der Waals surface area contributed by atoms with Gasteiger partial charge in [-0.25, -0.2) is 0 Å². The van der Waals surface area contributed by atoms with Crippen molar-refractivity contribution < 1.29 is 0 Å². The molecule has 98 valence electrons. The molecule has 0 aliphatic rings. The molecule has 0 aliphatic carbocycles. The highest BCUT2D eigenvalue weighted by Gasteiger charge is 2.16. The zero-order chi connectivity index (χ0) is 13.7. The van der Waals surface area contributed by atoms with Crippen LogP contribution in [-0.4, -0.2) is 4.57 Å². The van der Waals surface area contributed by atoms with E-state index in [0.717, 1.165) is 28.4 Å². The molecule has 1 heterocycles. The van der Waals surface area contributed by atoms with Gasteiger partial charge >= 0.3 is 0 Å². The Morgan fingerprint density at radius 3 is 1.58 bits per heavy atom. The van der Waals surface area contributed by atoms with Crippen molar-refractivity contribution in [1.82, 2.24) is 4.57 Å². The standard InChI is InChI=1S/C14H9Cl4N/c1-2-19-13-9(3-7(15)5-11(13)17)10-4-8(16)6-12(18)14(10)19/h3-6H,2H2,1H3. The Bertz CT molecular complexity index is 739. The summed E-state index contributed by atoms with van der Waals surface area (Å²) in [5.41, 5.74) is 1.88. The second-order valence-corrected chi connectivity index (χ2v) is 6.00. The van der Waals surface area contributed by atoms with Crippen LogP contribution in [0.4, 0.5) is 0 Å². The van der Waals surface area contributed by atoms with E-state index < -0.39 is 0 Å². The van der Waals surface area contributed by atoms with Crippen LogP contribution < -0.4 is 0 Å². The zero-order valence-electron chi connectivity index (χ0n) is 9.98. The Morgan fingerprint density at radius 1 is 0.789 bits per heavy atom. The topological polar surface area (TPSA) is 4.93 Å². The summed E-state index contributed by atoms with van der Waals surface area (Å²) in [6.07, 6.45) is 0. The lowest BCUT2D eigenvalue weighted by atomic mass is 10.1. The Balaban J connectivity index is 2.66. The lowest BCUT2D eigenvalue weighted by Gasteiger charge is -2.06. The summed E-state index contributed by atoms with van der Waals surface area (Å²) in [6.45, 7) is 2.82. The molecule has 3 rings (SSSR count). The average molecular weight is 333 g/mol. The fourth-order valence-corrected chi connectivity index (χ4v) is 3.71. The molecule has 2 aromatic carbocycles. The molecule has 5 heteroatoms. The van der Waals surface area contributed by atoms with Crippen LogP contribution in [0.3, 0.4) is 0 Å². The number of benzene rings is 2. The number of aromatic nitrogens is 1. The van der Waals surface area contributed by atoms with Crippen molar-refractivity contribution in [2.24, 2.45) is 0 Å². The fraction of sp³-hybridized carbons (Fsp3) is 0.143. The van der Waals surface area contributed by atoms with E-state index in [4.69, 9.17) is 46.4 Å². The van der Waals surface area contributed by atoms with Gasteiger partial charge in [0.05, 0.1) is 21.1 Å². The third kappa shape index (κ3) is 2.00. The minimum atomic E-state index is 0.601. The third-order valence-electron chi connectivity index (χ3n) is 3.20. The number of nitrogens with zero attached hydrogens (tertiary/aromatic N) is 1. The first kappa shape index (κ1) is 13.4. The molecule has 19 heavy (non-hydrogen) atoms. The molecule has 1 aromatic heterocycles. The van der Waals surface area contributed by atoms with Crippen molar-refractivity contribution in [3.63, 3.8) is 0 Å². The third-order valence-corrected chi connectivity index (χ3v) is 4.22. The smallest absolute Gasteiger partial charge is 0.0682 e. The van der Waals surface area contributed by atoms with Crippen molar-refractivity contribution in [3.05, 3.63) is 44.4 Å². The van der Waals surface area contributed by atoms with Crippen molar-refractivity contribution in [3.8, 4) is 0 Å². The largest absolute Gasteiger partial charge is 0.338 e. The number of hydrogen-bond donors (Lipinski definition) is 0. The van der Waals surface area contributed by atoms with Gasteiger partial charge in [0.1, 0.15) is 0 Å². The SMILES string of the molecule is CCn1c2c(Cl)cc(Cl)cc2c2cc(Cl)cc(Cl)c21. The first-order valence-electron chi connectivity index (χ1n) is 5.79. The van der Waals surface area contributed by atoms with Crippen molar-refractivity contribution >= 4 is 68.2 Å². The van der Waals surface area contributed by atoms with E-state index in [1.807, 2.05) is 12.1 Å². The van der Waals surface area contributed by atoms with Gasteiger partial charge in [0.2, 0.25) is 0 Å². The molecule has 1 nitrogen and oxygen atoms in total. The summed E-state index contributed by atoms with van der Waals surface area (Å²) in [7, 11) is 0. The molecule has 0 saturated carbocycles. The predicted molar refractivity (Wildman–Crippen MR) is 85.2 cm³/mol. The Hall–Kier alpha value is -0.600. The maximum Gasteiger partial charge on any atom is 0.0682 e. The van der Waals surface area contributed by atoms with Gasteiger partial charge < -0.3 is 4.57 Å². The molecule has 0 radical (unpaired) electrons. The quantitative estimate of drug-likeness (QED) is 0.484. The van der Waals surface area contributed by atoms with Gasteiger partial charge in [0.25, 0.3) is 0 Å². The summed E-state index contributed by atoms with van der Waals surface area (Å²) in [6, 6.07) is 7.27. The van der Waals surface area contributed by atoms with Crippen LogP contribution in [0.15, 0.2) is 24.3 Å². The van der Waals surface area contributed by atoms with Gasteiger partial charge in [-0.05, 0) is 31.2 Å². The molecule has 3 aromatic rings. The van der Waals surface area contributed by atoms with E-state index in [-0.39, 0.29) is 0 Å². The van der Waals surface area contributed by atoms with E-state index in [1.165, 1.54) is 0 Å². The molecule has 0 N–H and O–H groups in total. The minimum absolute atomic E-state index is 0.601. The summed E-state index contributed by atoms with van der Waals surface area (Å²) in [4.78, 5) is 0. The van der Waals surface area contributed by atoms with Crippen LogP contribution in [0.5, 0.6) is 0 Å². The maximum absolute atomic E-state index is 6.33. The molecule has 0 fully saturated rings. The summed E-state index contributed by atoms with van der Waals surface area (Å²) in [5.74, 6) is 0. The number of halogens is 4. The van der Waals surface area contributed by atoms with Crippen LogP contribution in [0.2, 0.25) is 20.1 Å². The summed E-state index contributed by atoms with van der Waals surface area (Å²) < 4.78 is 2.09. The number of aryl methyl sites for hydroxylation is 1. The van der Waals surface area contributed by atoms with E-state index in [0.29, 0.717) is 20.1 Å². The van der Waals surface area contributed by atoms with E-state index in [1.54, 1.807) is 12.1 Å². The van der Waals surface area contributed by atoms with Crippen LogP contribution in [0, 0.1) is 0 Å². The Kier molecular flexibility index (Phi) is 3.34. The highest BCUT2D eigenvalue weighted by molar-refractivity contribution is 6.42. The van der Waals surface area contributed by atoms with E-state index in [2.05, 4.69) is 11.5 Å².